The van der Waals surface area contributed by atoms with Crippen LogP contribution in [0.2, 0.25) is 0 Å². The largest absolute Gasteiger partial charge is 0.393 e. The molecule has 1 saturated heterocycles. The fraction of sp³-hybridized carbons (Fsp3) is 1.00. The Morgan fingerprint density at radius 2 is 2.07 bits per heavy atom. The zero-order chi connectivity index (χ0) is 11.7. The molecule has 1 rings (SSSR count). The molecule has 0 radical (unpaired) electrons. The maximum atomic E-state index is 12.2. The Morgan fingerprint density at radius 1 is 1.47 bits per heavy atom. The minimum absolute atomic E-state index is 0.140. The molecule has 15 heavy (non-hydrogen) atoms. The lowest BCUT2D eigenvalue weighted by Gasteiger charge is -2.13. The van der Waals surface area contributed by atoms with Gasteiger partial charge in [-0.15, -0.1) is 0 Å². The highest BCUT2D eigenvalue weighted by Gasteiger charge is 2.44. The lowest BCUT2D eigenvalue weighted by atomic mass is 10.1. The highest BCUT2D eigenvalue weighted by Crippen LogP contribution is 2.32. The Morgan fingerprint density at radius 3 is 2.47 bits per heavy atom. The first-order valence-electron chi connectivity index (χ1n) is 4.33. The van der Waals surface area contributed by atoms with Gasteiger partial charge in [-0.05, 0) is 6.42 Å². The summed E-state index contributed by atoms with van der Waals surface area (Å²) in [5, 5.41) is 2.58. The first-order chi connectivity index (χ1) is 6.68. The van der Waals surface area contributed by atoms with Crippen LogP contribution in [0.4, 0.5) is 13.2 Å². The van der Waals surface area contributed by atoms with Gasteiger partial charge in [-0.3, -0.25) is 4.18 Å². The van der Waals surface area contributed by atoms with Gasteiger partial charge in [0.25, 0.3) is 10.1 Å². The van der Waals surface area contributed by atoms with Crippen molar-refractivity contribution in [2.75, 3.05) is 19.4 Å². The summed E-state index contributed by atoms with van der Waals surface area (Å²) in [5.74, 6) is -1.41. The van der Waals surface area contributed by atoms with E-state index in [-0.39, 0.29) is 19.6 Å². The van der Waals surface area contributed by atoms with E-state index >= 15 is 0 Å². The van der Waals surface area contributed by atoms with E-state index in [2.05, 4.69) is 9.50 Å². The molecule has 0 aromatic heterocycles. The van der Waals surface area contributed by atoms with Gasteiger partial charge >= 0.3 is 6.18 Å². The zero-order valence-electron chi connectivity index (χ0n) is 8.04. The van der Waals surface area contributed by atoms with Gasteiger partial charge in [0, 0.05) is 12.6 Å². The van der Waals surface area contributed by atoms with Gasteiger partial charge in [0.05, 0.1) is 18.8 Å². The van der Waals surface area contributed by atoms with Gasteiger partial charge in [0.15, 0.2) is 0 Å². The van der Waals surface area contributed by atoms with E-state index in [0.29, 0.717) is 0 Å². The van der Waals surface area contributed by atoms with E-state index in [9.17, 15) is 21.6 Å². The highest BCUT2D eigenvalue weighted by molar-refractivity contribution is 7.85. The molecular formula is C7H12F3NO3S. The van der Waals surface area contributed by atoms with Crippen molar-refractivity contribution in [3.8, 4) is 0 Å². The summed E-state index contributed by atoms with van der Waals surface area (Å²) in [6, 6.07) is -0.550. The van der Waals surface area contributed by atoms with Crippen molar-refractivity contribution in [1.29, 1.82) is 0 Å². The van der Waals surface area contributed by atoms with E-state index in [1.54, 1.807) is 0 Å². The van der Waals surface area contributed by atoms with Crippen molar-refractivity contribution >= 4 is 10.1 Å². The smallest absolute Gasteiger partial charge is 0.311 e. The topological polar surface area (TPSA) is 55.4 Å². The van der Waals surface area contributed by atoms with Crippen LogP contribution in [0, 0.1) is 5.92 Å². The Bertz CT molecular complexity index is 314. The predicted molar refractivity (Wildman–Crippen MR) is 46.7 cm³/mol. The fourth-order valence-corrected chi connectivity index (χ4v) is 1.81. The first kappa shape index (κ1) is 12.7. The molecule has 0 saturated carbocycles. The van der Waals surface area contributed by atoms with Crippen LogP contribution < -0.4 is 5.32 Å². The summed E-state index contributed by atoms with van der Waals surface area (Å²) in [6.07, 6.45) is -3.50. The van der Waals surface area contributed by atoms with Crippen molar-refractivity contribution in [2.24, 2.45) is 5.92 Å². The second-order valence-electron chi connectivity index (χ2n) is 3.57. The Hall–Kier alpha value is -0.340. The van der Waals surface area contributed by atoms with Crippen molar-refractivity contribution in [3.05, 3.63) is 0 Å². The molecule has 1 fully saturated rings. The average molecular weight is 247 g/mol. The third-order valence-electron chi connectivity index (χ3n) is 2.17. The lowest BCUT2D eigenvalue weighted by Crippen LogP contribution is -2.28. The molecule has 0 aliphatic carbocycles. The SMILES string of the molecule is CS(=O)(=O)OCC1CC(C(F)(F)F)CN1. The average Bonchev–Trinajstić information content (AvgIpc) is 2.45. The normalized spacial score (nSPS) is 28.3. The minimum Gasteiger partial charge on any atom is -0.311 e. The number of nitrogens with one attached hydrogen (secondary N) is 1. The monoisotopic (exact) mass is 247 g/mol. The number of halogens is 3. The number of hydrogen-bond donors (Lipinski definition) is 1. The Balaban J connectivity index is 2.38. The molecule has 0 bridgehead atoms. The molecule has 2 atom stereocenters. The van der Waals surface area contributed by atoms with Gasteiger partial charge in [0.2, 0.25) is 0 Å². The molecule has 8 heteroatoms. The summed E-state index contributed by atoms with van der Waals surface area (Å²) in [5.41, 5.74) is 0. The maximum Gasteiger partial charge on any atom is 0.393 e. The maximum absolute atomic E-state index is 12.2. The van der Waals surface area contributed by atoms with E-state index < -0.39 is 28.3 Å². The van der Waals surface area contributed by atoms with Crippen molar-refractivity contribution < 1.29 is 25.8 Å². The van der Waals surface area contributed by atoms with E-state index in [1.807, 2.05) is 0 Å². The summed E-state index contributed by atoms with van der Waals surface area (Å²) >= 11 is 0. The Labute approximate surface area is 85.9 Å². The van der Waals surface area contributed by atoms with Crippen LogP contribution in [0.1, 0.15) is 6.42 Å². The molecule has 1 aliphatic heterocycles. The third kappa shape index (κ3) is 4.35. The van der Waals surface area contributed by atoms with Gasteiger partial charge in [0.1, 0.15) is 0 Å². The predicted octanol–water partition coefficient (Wildman–Crippen LogP) is 0.503. The molecule has 0 spiro atoms. The molecule has 0 amide bonds. The van der Waals surface area contributed by atoms with Crippen LogP contribution in [0.25, 0.3) is 0 Å². The zero-order valence-corrected chi connectivity index (χ0v) is 8.86. The molecule has 0 aromatic carbocycles. The molecule has 4 nitrogen and oxygen atoms in total. The molecule has 2 unspecified atom stereocenters. The van der Waals surface area contributed by atoms with Crippen LogP contribution >= 0.6 is 0 Å². The van der Waals surface area contributed by atoms with Gasteiger partial charge in [-0.1, -0.05) is 0 Å². The highest BCUT2D eigenvalue weighted by atomic mass is 32.2. The molecule has 1 aliphatic rings. The molecule has 90 valence electrons. The van der Waals surface area contributed by atoms with Crippen molar-refractivity contribution in [2.45, 2.75) is 18.6 Å². The summed E-state index contributed by atoms with van der Waals surface area (Å²) in [6.45, 7) is -0.424. The van der Waals surface area contributed by atoms with Gasteiger partial charge in [-0.2, -0.15) is 21.6 Å². The lowest BCUT2D eigenvalue weighted by molar-refractivity contribution is -0.169. The summed E-state index contributed by atoms with van der Waals surface area (Å²) in [4.78, 5) is 0. The summed E-state index contributed by atoms with van der Waals surface area (Å²) in [7, 11) is -3.59. The molecule has 1 N–H and O–H groups in total. The van der Waals surface area contributed by atoms with Crippen LogP contribution in [-0.2, 0) is 14.3 Å². The third-order valence-corrected chi connectivity index (χ3v) is 2.73. The second kappa shape index (κ2) is 4.26. The Kier molecular flexibility index (Phi) is 3.62. The first-order valence-corrected chi connectivity index (χ1v) is 6.14. The van der Waals surface area contributed by atoms with Crippen LogP contribution in [0.3, 0.4) is 0 Å². The van der Waals surface area contributed by atoms with Gasteiger partial charge in [-0.25, -0.2) is 0 Å². The quantitative estimate of drug-likeness (QED) is 0.738. The number of rotatable bonds is 3. The number of alkyl halides is 3. The van der Waals surface area contributed by atoms with Crippen LogP contribution in [-0.4, -0.2) is 40.0 Å². The molecule has 0 aromatic rings. The van der Waals surface area contributed by atoms with E-state index in [0.717, 1.165) is 6.26 Å². The summed E-state index contributed by atoms with van der Waals surface area (Å²) < 4.78 is 62.2. The van der Waals surface area contributed by atoms with E-state index in [1.165, 1.54) is 0 Å². The number of hydrogen-bond acceptors (Lipinski definition) is 4. The fourth-order valence-electron chi connectivity index (χ4n) is 1.40. The van der Waals surface area contributed by atoms with Crippen LogP contribution in [0.15, 0.2) is 0 Å². The van der Waals surface area contributed by atoms with Crippen LogP contribution in [0.5, 0.6) is 0 Å². The standard InChI is InChI=1S/C7H12F3NO3S/c1-15(12,13)14-4-6-2-5(3-11-6)7(8,9)10/h5-6,11H,2-4H2,1H3. The van der Waals surface area contributed by atoms with Crippen molar-refractivity contribution in [1.82, 2.24) is 5.32 Å². The van der Waals surface area contributed by atoms with Gasteiger partial charge < -0.3 is 5.32 Å². The molecule has 1 heterocycles. The van der Waals surface area contributed by atoms with Crippen molar-refractivity contribution in [3.63, 3.8) is 0 Å². The molecular weight excluding hydrogens is 235 g/mol. The van der Waals surface area contributed by atoms with E-state index in [4.69, 9.17) is 0 Å². The second-order valence-corrected chi connectivity index (χ2v) is 5.21. The minimum atomic E-state index is -4.23.